The maximum atomic E-state index is 5.79. The van der Waals surface area contributed by atoms with Crippen LogP contribution in [0.15, 0.2) is 12.7 Å². The van der Waals surface area contributed by atoms with Gasteiger partial charge in [-0.05, 0) is 13.5 Å². The Kier molecular flexibility index (Phi) is 2.85. The molecule has 6 heteroatoms. The normalized spacial score (nSPS) is 32.1. The third kappa shape index (κ3) is 1.96. The number of nitrogens with zero attached hydrogens (tertiary/aromatic N) is 3. The van der Waals surface area contributed by atoms with Crippen molar-refractivity contribution in [3.63, 3.8) is 0 Å². The molecule has 1 aliphatic carbocycles. The monoisotopic (exact) mass is 238 g/mol. The van der Waals surface area contributed by atoms with Gasteiger partial charge in [0.05, 0.1) is 19.3 Å². The molecule has 94 valence electrons. The van der Waals surface area contributed by atoms with Crippen LogP contribution < -0.4 is 5.32 Å². The SMILES string of the molecule is CNC1CCC2(CC1n1cncn1)OCCO2. The lowest BCUT2D eigenvalue weighted by Crippen LogP contribution is -2.48. The van der Waals surface area contributed by atoms with E-state index in [-0.39, 0.29) is 11.8 Å². The van der Waals surface area contributed by atoms with Gasteiger partial charge in [0.25, 0.3) is 0 Å². The molecule has 17 heavy (non-hydrogen) atoms. The molecule has 3 rings (SSSR count). The molecule has 6 nitrogen and oxygen atoms in total. The van der Waals surface area contributed by atoms with Gasteiger partial charge in [-0.3, -0.25) is 0 Å². The molecule has 1 saturated heterocycles. The van der Waals surface area contributed by atoms with Gasteiger partial charge in [-0.15, -0.1) is 0 Å². The van der Waals surface area contributed by atoms with E-state index in [9.17, 15) is 0 Å². The molecule has 0 amide bonds. The summed E-state index contributed by atoms with van der Waals surface area (Å²) in [6.07, 6.45) is 6.15. The molecule has 1 aliphatic heterocycles. The summed E-state index contributed by atoms with van der Waals surface area (Å²) >= 11 is 0. The van der Waals surface area contributed by atoms with E-state index in [0.717, 1.165) is 19.3 Å². The highest BCUT2D eigenvalue weighted by Crippen LogP contribution is 2.40. The van der Waals surface area contributed by atoms with Gasteiger partial charge >= 0.3 is 0 Å². The van der Waals surface area contributed by atoms with Crippen molar-refractivity contribution in [2.45, 2.75) is 37.1 Å². The smallest absolute Gasteiger partial charge is 0.170 e. The average Bonchev–Trinajstić information content (AvgIpc) is 3.00. The van der Waals surface area contributed by atoms with E-state index < -0.39 is 0 Å². The van der Waals surface area contributed by atoms with Crippen LogP contribution >= 0.6 is 0 Å². The van der Waals surface area contributed by atoms with Gasteiger partial charge in [0.15, 0.2) is 5.79 Å². The van der Waals surface area contributed by atoms with Gasteiger partial charge in [0.1, 0.15) is 12.7 Å². The van der Waals surface area contributed by atoms with Gasteiger partial charge in [-0.25, -0.2) is 9.67 Å². The number of aromatic nitrogens is 3. The van der Waals surface area contributed by atoms with Crippen molar-refractivity contribution < 1.29 is 9.47 Å². The molecule has 2 atom stereocenters. The Morgan fingerprint density at radius 1 is 1.41 bits per heavy atom. The van der Waals surface area contributed by atoms with Crippen molar-refractivity contribution in [3.8, 4) is 0 Å². The highest BCUT2D eigenvalue weighted by Gasteiger charge is 2.45. The van der Waals surface area contributed by atoms with Crippen molar-refractivity contribution >= 4 is 0 Å². The topological polar surface area (TPSA) is 61.2 Å². The van der Waals surface area contributed by atoms with Crippen LogP contribution in [0.3, 0.4) is 0 Å². The lowest BCUT2D eigenvalue weighted by atomic mass is 9.86. The summed E-state index contributed by atoms with van der Waals surface area (Å²) in [4.78, 5) is 4.02. The van der Waals surface area contributed by atoms with E-state index in [0.29, 0.717) is 19.3 Å². The summed E-state index contributed by atoms with van der Waals surface area (Å²) in [6.45, 7) is 1.41. The first-order valence-corrected chi connectivity index (χ1v) is 6.12. The summed E-state index contributed by atoms with van der Waals surface area (Å²) in [7, 11) is 1.99. The van der Waals surface area contributed by atoms with Crippen LogP contribution in [0.1, 0.15) is 25.3 Å². The van der Waals surface area contributed by atoms with Gasteiger partial charge in [0, 0.05) is 18.9 Å². The molecule has 0 bridgehead atoms. The summed E-state index contributed by atoms with van der Waals surface area (Å²) in [5.41, 5.74) is 0. The fourth-order valence-electron chi connectivity index (χ4n) is 2.89. The average molecular weight is 238 g/mol. The van der Waals surface area contributed by atoms with Gasteiger partial charge < -0.3 is 14.8 Å². The largest absolute Gasteiger partial charge is 0.347 e. The highest BCUT2D eigenvalue weighted by atomic mass is 16.7. The van der Waals surface area contributed by atoms with E-state index in [1.54, 1.807) is 12.7 Å². The lowest BCUT2D eigenvalue weighted by molar-refractivity contribution is -0.189. The summed E-state index contributed by atoms with van der Waals surface area (Å²) in [6, 6.07) is 0.643. The van der Waals surface area contributed by atoms with Crippen LogP contribution in [-0.2, 0) is 9.47 Å². The predicted octanol–water partition coefficient (Wildman–Crippen LogP) is 0.334. The van der Waals surface area contributed by atoms with E-state index in [1.165, 1.54) is 0 Å². The maximum Gasteiger partial charge on any atom is 0.170 e. The van der Waals surface area contributed by atoms with Crippen molar-refractivity contribution in [1.82, 2.24) is 20.1 Å². The molecule has 2 aliphatic rings. The van der Waals surface area contributed by atoms with Crippen LogP contribution in [-0.4, -0.2) is 46.9 Å². The Bertz CT molecular complexity index is 362. The summed E-state index contributed by atoms with van der Waals surface area (Å²) < 4.78 is 13.5. The fraction of sp³-hybridized carbons (Fsp3) is 0.818. The fourth-order valence-corrected chi connectivity index (χ4v) is 2.89. The molecular formula is C11H18N4O2. The minimum absolute atomic E-state index is 0.245. The molecular weight excluding hydrogens is 220 g/mol. The van der Waals surface area contributed by atoms with Crippen LogP contribution in [0.4, 0.5) is 0 Å². The van der Waals surface area contributed by atoms with Crippen molar-refractivity contribution in [2.24, 2.45) is 0 Å². The van der Waals surface area contributed by atoms with Gasteiger partial charge in [0.2, 0.25) is 0 Å². The number of nitrogens with one attached hydrogen (secondary N) is 1. The minimum atomic E-state index is -0.385. The first-order valence-electron chi connectivity index (χ1n) is 6.12. The van der Waals surface area contributed by atoms with Crippen LogP contribution in [0, 0.1) is 0 Å². The Balaban J connectivity index is 1.82. The third-order valence-electron chi connectivity index (χ3n) is 3.78. The summed E-state index contributed by atoms with van der Waals surface area (Å²) in [5, 5.41) is 7.60. The molecule has 1 aromatic rings. The Hall–Kier alpha value is -0.980. The zero-order chi connectivity index (χ0) is 11.7. The zero-order valence-corrected chi connectivity index (χ0v) is 10.0. The molecule has 0 radical (unpaired) electrons. The molecule has 2 unspecified atom stereocenters. The number of hydrogen-bond acceptors (Lipinski definition) is 5. The molecule has 1 N–H and O–H groups in total. The molecule has 1 spiro atoms. The molecule has 2 fully saturated rings. The second kappa shape index (κ2) is 4.36. The number of hydrogen-bond donors (Lipinski definition) is 1. The second-order valence-electron chi connectivity index (χ2n) is 4.69. The molecule has 0 aromatic carbocycles. The summed E-state index contributed by atoms with van der Waals surface area (Å²) in [5.74, 6) is -0.385. The van der Waals surface area contributed by atoms with Crippen LogP contribution in [0.5, 0.6) is 0 Å². The zero-order valence-electron chi connectivity index (χ0n) is 10.0. The van der Waals surface area contributed by atoms with E-state index in [2.05, 4.69) is 15.4 Å². The Labute approximate surface area is 100 Å². The van der Waals surface area contributed by atoms with E-state index in [4.69, 9.17) is 9.47 Å². The van der Waals surface area contributed by atoms with E-state index >= 15 is 0 Å². The maximum absolute atomic E-state index is 5.79. The van der Waals surface area contributed by atoms with Crippen molar-refractivity contribution in [2.75, 3.05) is 20.3 Å². The standard InChI is InChI=1S/C11H18N4O2/c1-12-9-2-3-11(16-4-5-17-11)6-10(9)15-8-13-7-14-15/h7-10,12H,2-6H2,1H3. The second-order valence-corrected chi connectivity index (χ2v) is 4.69. The van der Waals surface area contributed by atoms with Gasteiger partial charge in [-0.2, -0.15) is 5.10 Å². The number of rotatable bonds is 2. The van der Waals surface area contributed by atoms with Crippen LogP contribution in [0.2, 0.25) is 0 Å². The van der Waals surface area contributed by atoms with Gasteiger partial charge in [-0.1, -0.05) is 0 Å². The quantitative estimate of drug-likeness (QED) is 0.804. The first-order chi connectivity index (χ1) is 8.33. The first kappa shape index (κ1) is 11.1. The number of ether oxygens (including phenoxy) is 2. The molecule has 1 saturated carbocycles. The molecule has 1 aromatic heterocycles. The lowest BCUT2D eigenvalue weighted by Gasteiger charge is -2.40. The minimum Gasteiger partial charge on any atom is -0.347 e. The molecule has 2 heterocycles. The third-order valence-corrected chi connectivity index (χ3v) is 3.78. The number of likely N-dealkylation sites (N-methyl/N-ethyl adjacent to an activating group) is 1. The highest BCUT2D eigenvalue weighted by molar-refractivity contribution is 4.93. The van der Waals surface area contributed by atoms with E-state index in [1.807, 2.05) is 11.7 Å². The van der Waals surface area contributed by atoms with Crippen molar-refractivity contribution in [1.29, 1.82) is 0 Å². The van der Waals surface area contributed by atoms with Crippen molar-refractivity contribution in [3.05, 3.63) is 12.7 Å². The van der Waals surface area contributed by atoms with Crippen LogP contribution in [0.25, 0.3) is 0 Å². The Morgan fingerprint density at radius 3 is 2.88 bits per heavy atom. The Morgan fingerprint density at radius 2 is 2.24 bits per heavy atom. The predicted molar refractivity (Wildman–Crippen MR) is 60.4 cm³/mol.